The number of benzene rings is 1. The first-order chi connectivity index (χ1) is 12.3. The number of fused-ring (bicyclic) bond motifs is 1. The van der Waals surface area contributed by atoms with Gasteiger partial charge in [-0.3, -0.25) is 4.98 Å². The molecule has 1 aliphatic carbocycles. The van der Waals surface area contributed by atoms with Crippen LogP contribution in [0.3, 0.4) is 0 Å². The summed E-state index contributed by atoms with van der Waals surface area (Å²) in [7, 11) is 0. The van der Waals surface area contributed by atoms with Crippen LogP contribution in [0.4, 0.5) is 5.69 Å². The lowest BCUT2D eigenvalue weighted by molar-refractivity contribution is -0.109. The van der Waals surface area contributed by atoms with Crippen molar-refractivity contribution in [1.82, 2.24) is 4.98 Å². The van der Waals surface area contributed by atoms with Crippen molar-refractivity contribution in [2.24, 2.45) is 11.3 Å². The molecule has 1 aliphatic rings. The lowest BCUT2D eigenvalue weighted by Gasteiger charge is -2.42. The van der Waals surface area contributed by atoms with E-state index < -0.39 is 0 Å². The molecule has 1 heterocycles. The van der Waals surface area contributed by atoms with E-state index >= 15 is 0 Å². The molecule has 3 rings (SSSR count). The highest BCUT2D eigenvalue weighted by Crippen LogP contribution is 2.39. The molecule has 4 heteroatoms. The van der Waals surface area contributed by atoms with Crippen LogP contribution in [-0.2, 0) is 4.74 Å². The first kappa shape index (κ1) is 19.4. The Kier molecular flexibility index (Phi) is 5.78. The molecule has 142 valence electrons. The quantitative estimate of drug-likeness (QED) is 0.587. The monoisotopic (exact) mass is 374 g/mol. The second-order valence-electron chi connectivity index (χ2n) is 8.56. The van der Waals surface area contributed by atoms with Crippen molar-refractivity contribution in [3.05, 3.63) is 35.5 Å². The van der Waals surface area contributed by atoms with Gasteiger partial charge in [0.2, 0.25) is 0 Å². The summed E-state index contributed by atoms with van der Waals surface area (Å²) in [6, 6.07) is 7.89. The number of rotatable bonds is 8. The molecule has 0 spiro atoms. The third-order valence-corrected chi connectivity index (χ3v) is 6.38. The van der Waals surface area contributed by atoms with Crippen molar-refractivity contribution in [1.29, 1.82) is 0 Å². The van der Waals surface area contributed by atoms with Gasteiger partial charge in [-0.1, -0.05) is 31.9 Å². The fourth-order valence-electron chi connectivity index (χ4n) is 3.44. The van der Waals surface area contributed by atoms with E-state index in [0.29, 0.717) is 10.9 Å². The zero-order valence-electron chi connectivity index (χ0n) is 16.4. The summed E-state index contributed by atoms with van der Waals surface area (Å²) in [4.78, 5) is 4.42. The molecule has 0 amide bonds. The molecule has 0 bridgehead atoms. The van der Waals surface area contributed by atoms with Crippen LogP contribution in [-0.4, -0.2) is 23.7 Å². The Morgan fingerprint density at radius 1 is 1.23 bits per heavy atom. The van der Waals surface area contributed by atoms with Crippen LogP contribution in [0.15, 0.2) is 30.5 Å². The zero-order valence-corrected chi connectivity index (χ0v) is 17.2. The number of ether oxygens (including phenoxy) is 1. The predicted molar refractivity (Wildman–Crippen MR) is 111 cm³/mol. The number of nitrogens with one attached hydrogen (secondary N) is 1. The van der Waals surface area contributed by atoms with Gasteiger partial charge in [-0.05, 0) is 63.3 Å². The van der Waals surface area contributed by atoms with E-state index in [1.807, 2.05) is 30.5 Å². The highest BCUT2D eigenvalue weighted by atomic mass is 35.5. The first-order valence-corrected chi connectivity index (χ1v) is 10.1. The molecule has 1 unspecified atom stereocenters. The number of hydrogen-bond acceptors (Lipinski definition) is 3. The average molecular weight is 375 g/mol. The molecule has 1 saturated carbocycles. The summed E-state index contributed by atoms with van der Waals surface area (Å²) in [6.07, 6.45) is 6.86. The molecular formula is C22H31ClN2O. The van der Waals surface area contributed by atoms with Crippen LogP contribution in [0.25, 0.3) is 10.9 Å². The van der Waals surface area contributed by atoms with Crippen LogP contribution in [0.1, 0.15) is 53.4 Å². The van der Waals surface area contributed by atoms with Crippen LogP contribution in [0, 0.1) is 11.3 Å². The van der Waals surface area contributed by atoms with E-state index in [0.717, 1.165) is 36.2 Å². The number of aromatic nitrogens is 1. The number of halogens is 1. The Labute approximate surface area is 162 Å². The highest BCUT2D eigenvalue weighted by Gasteiger charge is 2.36. The van der Waals surface area contributed by atoms with Crippen molar-refractivity contribution < 1.29 is 4.74 Å². The number of hydrogen-bond donors (Lipinski definition) is 1. The Bertz CT molecular complexity index is 757. The molecule has 1 N–H and O–H groups in total. The standard InChI is InChI=1S/C22H31ClN2O/c1-5-22(4,15-26-21(2,3)16-7-6-8-16)14-25-19-11-12-24-20-13-17(23)9-10-18(19)20/h9-13,16H,5-8,14-15H2,1-4H3,(H,24,25). The number of nitrogens with zero attached hydrogens (tertiary/aromatic N) is 1. The van der Waals surface area contributed by atoms with E-state index in [1.54, 1.807) is 0 Å². The maximum absolute atomic E-state index is 6.41. The molecule has 3 nitrogen and oxygen atoms in total. The largest absolute Gasteiger partial charge is 0.384 e. The number of anilines is 1. The van der Waals surface area contributed by atoms with Gasteiger partial charge in [0.05, 0.1) is 17.7 Å². The van der Waals surface area contributed by atoms with Crippen molar-refractivity contribution in [2.75, 3.05) is 18.5 Å². The van der Waals surface area contributed by atoms with Gasteiger partial charge >= 0.3 is 0 Å². The summed E-state index contributed by atoms with van der Waals surface area (Å²) in [5.41, 5.74) is 2.09. The van der Waals surface area contributed by atoms with Crippen LogP contribution in [0.5, 0.6) is 0 Å². The van der Waals surface area contributed by atoms with E-state index in [2.05, 4.69) is 38.0 Å². The lowest BCUT2D eigenvalue weighted by Crippen LogP contribution is -2.42. The fourth-order valence-corrected chi connectivity index (χ4v) is 3.61. The molecule has 2 aromatic rings. The Hall–Kier alpha value is -1.32. The van der Waals surface area contributed by atoms with E-state index in [1.165, 1.54) is 19.3 Å². The Balaban J connectivity index is 1.66. The summed E-state index contributed by atoms with van der Waals surface area (Å²) < 4.78 is 6.41. The third-order valence-electron chi connectivity index (χ3n) is 6.14. The minimum Gasteiger partial charge on any atom is -0.384 e. The SMILES string of the molecule is CCC(C)(CNc1ccnc2cc(Cl)ccc12)COC(C)(C)C1CCC1. The molecule has 1 fully saturated rings. The van der Waals surface area contributed by atoms with Gasteiger partial charge in [0.25, 0.3) is 0 Å². The van der Waals surface area contributed by atoms with Crippen LogP contribution in [0.2, 0.25) is 5.02 Å². The van der Waals surface area contributed by atoms with Gasteiger partial charge in [0.15, 0.2) is 0 Å². The van der Waals surface area contributed by atoms with Gasteiger partial charge in [0.1, 0.15) is 0 Å². The summed E-state index contributed by atoms with van der Waals surface area (Å²) in [5.74, 6) is 0.713. The van der Waals surface area contributed by atoms with E-state index in [9.17, 15) is 0 Å². The predicted octanol–water partition coefficient (Wildman–Crippen LogP) is 6.31. The fraction of sp³-hybridized carbons (Fsp3) is 0.591. The molecular weight excluding hydrogens is 344 g/mol. The topological polar surface area (TPSA) is 34.2 Å². The van der Waals surface area contributed by atoms with Gasteiger partial charge in [-0.15, -0.1) is 0 Å². The third kappa shape index (κ3) is 4.32. The molecule has 1 aromatic carbocycles. The summed E-state index contributed by atoms with van der Waals surface area (Å²) in [5, 5.41) is 5.45. The molecule has 0 saturated heterocycles. The van der Waals surface area contributed by atoms with E-state index in [4.69, 9.17) is 16.3 Å². The van der Waals surface area contributed by atoms with Crippen molar-refractivity contribution >= 4 is 28.2 Å². The first-order valence-electron chi connectivity index (χ1n) is 9.75. The minimum atomic E-state index is -0.0191. The molecule has 0 radical (unpaired) electrons. The molecule has 26 heavy (non-hydrogen) atoms. The Morgan fingerprint density at radius 3 is 2.65 bits per heavy atom. The van der Waals surface area contributed by atoms with Gasteiger partial charge in [-0.2, -0.15) is 0 Å². The molecule has 1 aromatic heterocycles. The molecule has 0 aliphatic heterocycles. The van der Waals surface area contributed by atoms with Crippen molar-refractivity contribution in [3.63, 3.8) is 0 Å². The second-order valence-corrected chi connectivity index (χ2v) is 8.99. The molecule has 1 atom stereocenters. The smallest absolute Gasteiger partial charge is 0.0737 e. The highest BCUT2D eigenvalue weighted by molar-refractivity contribution is 6.31. The lowest BCUT2D eigenvalue weighted by atomic mass is 9.74. The normalized spacial score (nSPS) is 17.7. The second kappa shape index (κ2) is 7.74. The average Bonchev–Trinajstić information content (AvgIpc) is 2.56. The maximum atomic E-state index is 6.41. The van der Waals surface area contributed by atoms with Crippen LogP contribution < -0.4 is 5.32 Å². The zero-order chi connectivity index (χ0) is 18.8. The summed E-state index contributed by atoms with van der Waals surface area (Å²) in [6.45, 7) is 10.7. The van der Waals surface area contributed by atoms with Crippen molar-refractivity contribution in [3.8, 4) is 0 Å². The Morgan fingerprint density at radius 2 is 2.00 bits per heavy atom. The van der Waals surface area contributed by atoms with E-state index in [-0.39, 0.29) is 11.0 Å². The van der Waals surface area contributed by atoms with Crippen LogP contribution >= 0.6 is 11.6 Å². The summed E-state index contributed by atoms with van der Waals surface area (Å²) >= 11 is 6.09. The van der Waals surface area contributed by atoms with Gasteiger partial charge in [0, 0.05) is 34.3 Å². The minimum absolute atomic E-state index is 0.0191. The van der Waals surface area contributed by atoms with Crippen molar-refractivity contribution in [2.45, 2.75) is 59.0 Å². The van der Waals surface area contributed by atoms with Gasteiger partial charge in [-0.25, -0.2) is 0 Å². The maximum Gasteiger partial charge on any atom is 0.0737 e. The van der Waals surface area contributed by atoms with Gasteiger partial charge < -0.3 is 10.1 Å². The number of pyridine rings is 1.